The van der Waals surface area contributed by atoms with Gasteiger partial charge < -0.3 is 0 Å². The number of aryl methyl sites for hydroxylation is 1. The van der Waals surface area contributed by atoms with Crippen LogP contribution in [0.3, 0.4) is 0 Å². The second-order valence-corrected chi connectivity index (χ2v) is 5.64. The van der Waals surface area contributed by atoms with Crippen LogP contribution in [-0.2, 0) is 6.54 Å². The van der Waals surface area contributed by atoms with Gasteiger partial charge in [-0.25, -0.2) is 13.8 Å². The molecule has 1 aromatic carbocycles. The van der Waals surface area contributed by atoms with Gasteiger partial charge in [-0.15, -0.1) is 11.3 Å². The quantitative estimate of drug-likeness (QED) is 0.795. The number of benzene rings is 1. The molecular weight excluding hydrogens is 282 g/mol. The second kappa shape index (κ2) is 6.19. The number of halogens is 2. The first-order chi connectivity index (χ1) is 9.45. The van der Waals surface area contributed by atoms with E-state index in [9.17, 15) is 13.6 Å². The van der Waals surface area contributed by atoms with Crippen LogP contribution >= 0.6 is 11.3 Å². The summed E-state index contributed by atoms with van der Waals surface area (Å²) in [5, 5.41) is 2.91. The molecule has 0 unspecified atom stereocenters. The smallest absolute Gasteiger partial charge is 0.176 e. The van der Waals surface area contributed by atoms with E-state index in [-0.39, 0.29) is 17.9 Å². The SMILES string of the molecule is Cc1nc(CN(C)CC(=O)c2ccc(F)c(F)c2)cs1. The van der Waals surface area contributed by atoms with E-state index >= 15 is 0 Å². The molecule has 0 amide bonds. The lowest BCUT2D eigenvalue weighted by Gasteiger charge is -2.14. The molecule has 0 saturated heterocycles. The van der Waals surface area contributed by atoms with Crippen molar-refractivity contribution in [3.05, 3.63) is 51.5 Å². The molecule has 0 atom stereocenters. The lowest BCUT2D eigenvalue weighted by atomic mass is 10.1. The number of aromatic nitrogens is 1. The fraction of sp³-hybridized carbons (Fsp3) is 0.286. The van der Waals surface area contributed by atoms with Gasteiger partial charge in [-0.3, -0.25) is 9.69 Å². The number of nitrogens with zero attached hydrogens (tertiary/aromatic N) is 2. The van der Waals surface area contributed by atoms with Crippen molar-refractivity contribution in [2.45, 2.75) is 13.5 Å². The third-order valence-corrected chi connectivity index (χ3v) is 3.58. The van der Waals surface area contributed by atoms with E-state index in [0.717, 1.165) is 22.8 Å². The summed E-state index contributed by atoms with van der Waals surface area (Å²) >= 11 is 1.55. The summed E-state index contributed by atoms with van der Waals surface area (Å²) in [5.74, 6) is -2.21. The van der Waals surface area contributed by atoms with Crippen LogP contribution < -0.4 is 0 Å². The third-order valence-electron chi connectivity index (χ3n) is 2.75. The van der Waals surface area contributed by atoms with Crippen LogP contribution in [0.4, 0.5) is 8.78 Å². The molecule has 106 valence electrons. The Morgan fingerprint density at radius 3 is 2.70 bits per heavy atom. The fourth-order valence-electron chi connectivity index (χ4n) is 1.82. The Bertz CT molecular complexity index is 627. The average molecular weight is 296 g/mol. The van der Waals surface area contributed by atoms with Crippen molar-refractivity contribution in [2.75, 3.05) is 13.6 Å². The standard InChI is InChI=1S/C14H14F2N2OS/c1-9-17-11(8-20-9)6-18(2)7-14(19)10-3-4-12(15)13(16)5-10/h3-5,8H,6-7H2,1-2H3. The number of likely N-dealkylation sites (N-methyl/N-ethyl adjacent to an activating group) is 1. The van der Waals surface area contributed by atoms with Gasteiger partial charge in [0, 0.05) is 17.5 Å². The zero-order chi connectivity index (χ0) is 14.7. The Labute approximate surface area is 119 Å². The van der Waals surface area contributed by atoms with Crippen LogP contribution in [-0.4, -0.2) is 29.3 Å². The largest absolute Gasteiger partial charge is 0.293 e. The van der Waals surface area contributed by atoms with Gasteiger partial charge in [-0.2, -0.15) is 0 Å². The minimum absolute atomic E-state index is 0.127. The predicted molar refractivity (Wildman–Crippen MR) is 73.9 cm³/mol. The van der Waals surface area contributed by atoms with E-state index in [1.165, 1.54) is 6.07 Å². The summed E-state index contributed by atoms with van der Waals surface area (Å²) in [7, 11) is 1.78. The maximum atomic E-state index is 13.1. The van der Waals surface area contributed by atoms with Gasteiger partial charge in [0.25, 0.3) is 0 Å². The highest BCUT2D eigenvalue weighted by Gasteiger charge is 2.13. The highest BCUT2D eigenvalue weighted by Crippen LogP contribution is 2.12. The molecule has 20 heavy (non-hydrogen) atoms. The molecule has 0 aliphatic carbocycles. The molecule has 0 aliphatic rings. The average Bonchev–Trinajstić information content (AvgIpc) is 2.77. The van der Waals surface area contributed by atoms with Gasteiger partial charge in [0.1, 0.15) is 0 Å². The number of carbonyl (C=O) groups is 1. The number of hydrogen-bond acceptors (Lipinski definition) is 4. The molecule has 2 aromatic rings. The van der Waals surface area contributed by atoms with Crippen molar-refractivity contribution in [1.29, 1.82) is 0 Å². The maximum Gasteiger partial charge on any atom is 0.176 e. The second-order valence-electron chi connectivity index (χ2n) is 4.58. The third kappa shape index (κ3) is 3.68. The molecule has 2 rings (SSSR count). The number of Topliss-reactive ketones (excluding diaryl/α,β-unsaturated/α-hetero) is 1. The maximum absolute atomic E-state index is 13.1. The van der Waals surface area contributed by atoms with Gasteiger partial charge >= 0.3 is 0 Å². The Morgan fingerprint density at radius 2 is 2.10 bits per heavy atom. The minimum Gasteiger partial charge on any atom is -0.293 e. The summed E-state index contributed by atoms with van der Waals surface area (Å²) in [6, 6.07) is 3.19. The van der Waals surface area contributed by atoms with E-state index in [0.29, 0.717) is 6.54 Å². The molecule has 0 bridgehead atoms. The zero-order valence-electron chi connectivity index (χ0n) is 11.2. The molecule has 0 N–H and O–H groups in total. The van der Waals surface area contributed by atoms with Crippen molar-refractivity contribution < 1.29 is 13.6 Å². The first kappa shape index (κ1) is 14.7. The summed E-state index contributed by atoms with van der Waals surface area (Å²) in [6.07, 6.45) is 0. The minimum atomic E-state index is -1.01. The van der Waals surface area contributed by atoms with Gasteiger partial charge in [-0.05, 0) is 32.2 Å². The first-order valence-corrected chi connectivity index (χ1v) is 6.91. The van der Waals surface area contributed by atoms with Gasteiger partial charge in [0.2, 0.25) is 0 Å². The van der Waals surface area contributed by atoms with E-state index in [1.807, 2.05) is 12.3 Å². The first-order valence-electron chi connectivity index (χ1n) is 6.03. The lowest BCUT2D eigenvalue weighted by Crippen LogP contribution is -2.25. The van der Waals surface area contributed by atoms with Crippen LogP contribution in [0, 0.1) is 18.6 Å². The lowest BCUT2D eigenvalue weighted by molar-refractivity contribution is 0.0942. The molecule has 1 aromatic heterocycles. The normalized spacial score (nSPS) is 11.1. The van der Waals surface area contributed by atoms with E-state index < -0.39 is 11.6 Å². The van der Waals surface area contributed by atoms with Gasteiger partial charge in [0.05, 0.1) is 17.2 Å². The number of ketones is 1. The van der Waals surface area contributed by atoms with Crippen LogP contribution in [0.5, 0.6) is 0 Å². The van der Waals surface area contributed by atoms with Crippen LogP contribution in [0.15, 0.2) is 23.6 Å². The summed E-state index contributed by atoms with van der Waals surface area (Å²) in [6.45, 7) is 2.59. The predicted octanol–water partition coefficient (Wildman–Crippen LogP) is 3.04. The molecule has 0 fully saturated rings. The van der Waals surface area contributed by atoms with Crippen molar-refractivity contribution in [2.24, 2.45) is 0 Å². The van der Waals surface area contributed by atoms with Gasteiger partial charge in [0.15, 0.2) is 17.4 Å². The highest BCUT2D eigenvalue weighted by atomic mass is 32.1. The molecule has 0 saturated carbocycles. The molecule has 6 heteroatoms. The number of rotatable bonds is 5. The Kier molecular flexibility index (Phi) is 4.57. The molecule has 0 spiro atoms. The van der Waals surface area contributed by atoms with Crippen molar-refractivity contribution in [3.63, 3.8) is 0 Å². The summed E-state index contributed by atoms with van der Waals surface area (Å²) < 4.78 is 25.9. The van der Waals surface area contributed by atoms with Crippen molar-refractivity contribution >= 4 is 17.1 Å². The van der Waals surface area contributed by atoms with Crippen LogP contribution in [0.1, 0.15) is 21.1 Å². The molecule has 0 radical (unpaired) electrons. The Balaban J connectivity index is 1.98. The molecule has 1 heterocycles. The van der Waals surface area contributed by atoms with Crippen LogP contribution in [0.2, 0.25) is 0 Å². The van der Waals surface area contributed by atoms with Gasteiger partial charge in [-0.1, -0.05) is 0 Å². The number of thiazole rings is 1. The van der Waals surface area contributed by atoms with Crippen molar-refractivity contribution in [3.8, 4) is 0 Å². The van der Waals surface area contributed by atoms with E-state index in [4.69, 9.17) is 0 Å². The van der Waals surface area contributed by atoms with Crippen molar-refractivity contribution in [1.82, 2.24) is 9.88 Å². The monoisotopic (exact) mass is 296 g/mol. The molecule has 0 aliphatic heterocycles. The Hall–Kier alpha value is -1.66. The van der Waals surface area contributed by atoms with Crippen LogP contribution in [0.25, 0.3) is 0 Å². The number of hydrogen-bond donors (Lipinski definition) is 0. The highest BCUT2D eigenvalue weighted by molar-refractivity contribution is 7.09. The van der Waals surface area contributed by atoms with E-state index in [2.05, 4.69) is 4.98 Å². The summed E-state index contributed by atoms with van der Waals surface area (Å²) in [5.41, 5.74) is 1.07. The number of carbonyl (C=O) groups excluding carboxylic acids is 1. The zero-order valence-corrected chi connectivity index (χ0v) is 12.0. The Morgan fingerprint density at radius 1 is 1.35 bits per heavy atom. The topological polar surface area (TPSA) is 33.2 Å². The fourth-order valence-corrected chi connectivity index (χ4v) is 2.42. The summed E-state index contributed by atoms with van der Waals surface area (Å²) in [4.78, 5) is 18.1. The van der Waals surface area contributed by atoms with E-state index in [1.54, 1.807) is 23.3 Å². The molecule has 3 nitrogen and oxygen atoms in total. The molecular formula is C14H14F2N2OS.